The van der Waals surface area contributed by atoms with Gasteiger partial charge in [0.15, 0.2) is 22.8 Å². The minimum absolute atomic E-state index is 0.106. The molecule has 140 valence electrons. The highest BCUT2D eigenvalue weighted by molar-refractivity contribution is 6.07. The number of furan rings is 1. The Kier molecular flexibility index (Phi) is 5.03. The van der Waals surface area contributed by atoms with E-state index in [2.05, 4.69) is 5.32 Å². The zero-order chi connectivity index (χ0) is 19.6. The van der Waals surface area contributed by atoms with Crippen LogP contribution in [0.15, 0.2) is 46.9 Å². The Morgan fingerprint density at radius 3 is 2.56 bits per heavy atom. The van der Waals surface area contributed by atoms with Gasteiger partial charge in [-0.05, 0) is 38.1 Å². The lowest BCUT2D eigenvalue weighted by Crippen LogP contribution is -2.19. The number of nitrogens with one attached hydrogen (secondary N) is 1. The van der Waals surface area contributed by atoms with E-state index in [1.165, 1.54) is 7.11 Å². The summed E-state index contributed by atoms with van der Waals surface area (Å²) in [7, 11) is 1.53. The third-order valence-corrected chi connectivity index (χ3v) is 3.83. The van der Waals surface area contributed by atoms with Gasteiger partial charge in [-0.2, -0.15) is 0 Å². The molecule has 27 heavy (non-hydrogen) atoms. The average Bonchev–Trinajstić information content (AvgIpc) is 3.06. The number of hydrogen-bond acceptors (Lipinski definition) is 5. The Morgan fingerprint density at radius 1 is 1.15 bits per heavy atom. The van der Waals surface area contributed by atoms with Crippen LogP contribution in [0.2, 0.25) is 0 Å². The minimum atomic E-state index is -0.643. The first kappa shape index (κ1) is 18.3. The largest absolute Gasteiger partial charge is 0.493 e. The fraction of sp³-hybridized carbons (Fsp3) is 0.200. The molecule has 0 atom stereocenters. The smallest absolute Gasteiger partial charge is 0.291 e. The number of carbonyl (C=O) groups excluding carboxylic acids is 2. The number of rotatable bonds is 6. The summed E-state index contributed by atoms with van der Waals surface area (Å²) in [4.78, 5) is 24.4. The lowest BCUT2D eigenvalue weighted by Gasteiger charge is -2.17. The number of anilines is 1. The van der Waals surface area contributed by atoms with Crippen LogP contribution in [0.1, 0.15) is 34.8 Å². The molecular formula is C20H20N2O5. The van der Waals surface area contributed by atoms with Gasteiger partial charge in [0.2, 0.25) is 0 Å². The molecule has 0 saturated heterocycles. The van der Waals surface area contributed by atoms with Crippen molar-refractivity contribution >= 4 is 28.5 Å². The maximum Gasteiger partial charge on any atom is 0.291 e. The van der Waals surface area contributed by atoms with Crippen LogP contribution in [-0.4, -0.2) is 25.0 Å². The average molecular weight is 368 g/mol. The maximum atomic E-state index is 12.7. The Hall–Kier alpha value is -3.48. The normalized spacial score (nSPS) is 10.8. The molecule has 0 unspecified atom stereocenters. The lowest BCUT2D eigenvalue weighted by atomic mass is 10.1. The number of carbonyl (C=O) groups is 2. The third kappa shape index (κ3) is 3.72. The number of benzene rings is 2. The number of para-hydroxylation sites is 2. The predicted molar refractivity (Wildman–Crippen MR) is 101 cm³/mol. The van der Waals surface area contributed by atoms with E-state index in [0.29, 0.717) is 17.0 Å². The highest BCUT2D eigenvalue weighted by Crippen LogP contribution is 2.32. The van der Waals surface area contributed by atoms with Gasteiger partial charge in [0.05, 0.1) is 24.5 Å². The molecule has 0 spiro atoms. The quantitative estimate of drug-likeness (QED) is 0.692. The van der Waals surface area contributed by atoms with E-state index < -0.39 is 11.8 Å². The van der Waals surface area contributed by atoms with Crippen LogP contribution in [0.25, 0.3) is 11.0 Å². The Bertz CT molecular complexity index is 1010. The molecule has 2 amide bonds. The van der Waals surface area contributed by atoms with Gasteiger partial charge in [0.25, 0.3) is 11.8 Å². The fourth-order valence-electron chi connectivity index (χ4n) is 2.69. The van der Waals surface area contributed by atoms with Crippen LogP contribution >= 0.6 is 0 Å². The molecule has 0 aliphatic carbocycles. The number of nitrogens with two attached hydrogens (primary N) is 1. The van der Waals surface area contributed by atoms with Crippen molar-refractivity contribution in [1.29, 1.82) is 0 Å². The molecule has 0 fully saturated rings. The molecule has 7 heteroatoms. The summed E-state index contributed by atoms with van der Waals surface area (Å²) >= 11 is 0. The Balaban J connectivity index is 1.96. The second-order valence-corrected chi connectivity index (χ2v) is 6.16. The van der Waals surface area contributed by atoms with Gasteiger partial charge in [0.1, 0.15) is 0 Å². The molecule has 0 aliphatic heterocycles. The number of fused-ring (bicyclic) bond motifs is 1. The van der Waals surface area contributed by atoms with Crippen LogP contribution in [0.5, 0.6) is 11.5 Å². The van der Waals surface area contributed by atoms with Gasteiger partial charge in [-0.3, -0.25) is 9.59 Å². The number of methoxy groups -OCH3 is 1. The summed E-state index contributed by atoms with van der Waals surface area (Å²) in [6.45, 7) is 3.63. The van der Waals surface area contributed by atoms with Crippen molar-refractivity contribution in [2.75, 3.05) is 12.4 Å². The molecule has 3 rings (SSSR count). The Morgan fingerprint density at radius 2 is 1.89 bits per heavy atom. The first-order chi connectivity index (χ1) is 12.9. The molecule has 0 aliphatic rings. The number of hydrogen-bond donors (Lipinski definition) is 2. The zero-order valence-electron chi connectivity index (χ0n) is 15.2. The van der Waals surface area contributed by atoms with Crippen molar-refractivity contribution in [3.8, 4) is 11.5 Å². The number of primary amides is 1. The van der Waals surface area contributed by atoms with Crippen LogP contribution in [-0.2, 0) is 0 Å². The molecule has 3 N–H and O–H groups in total. The van der Waals surface area contributed by atoms with Gasteiger partial charge >= 0.3 is 0 Å². The Labute approximate surface area is 156 Å². The third-order valence-electron chi connectivity index (χ3n) is 3.83. The highest BCUT2D eigenvalue weighted by Gasteiger charge is 2.20. The minimum Gasteiger partial charge on any atom is -0.493 e. The van der Waals surface area contributed by atoms with E-state index >= 15 is 0 Å². The molecule has 0 radical (unpaired) electrons. The second kappa shape index (κ2) is 7.41. The van der Waals surface area contributed by atoms with Gasteiger partial charge in [-0.25, -0.2) is 0 Å². The first-order valence-corrected chi connectivity index (χ1v) is 8.38. The van der Waals surface area contributed by atoms with Crippen molar-refractivity contribution in [2.45, 2.75) is 20.0 Å². The molecule has 0 bridgehead atoms. The van der Waals surface area contributed by atoms with Crippen LogP contribution in [0.3, 0.4) is 0 Å². The monoisotopic (exact) mass is 368 g/mol. The highest BCUT2D eigenvalue weighted by atomic mass is 16.5. The van der Waals surface area contributed by atoms with Crippen molar-refractivity contribution in [3.63, 3.8) is 0 Å². The SMILES string of the molecule is COc1cccc2cc(C(=O)Nc3cccc(C(N)=O)c3OC(C)C)oc12. The molecular weight excluding hydrogens is 348 g/mol. The van der Waals surface area contributed by atoms with E-state index in [0.717, 1.165) is 5.39 Å². The summed E-state index contributed by atoms with van der Waals surface area (Å²) < 4.78 is 16.6. The van der Waals surface area contributed by atoms with Gasteiger partial charge in [-0.1, -0.05) is 18.2 Å². The predicted octanol–water partition coefficient (Wildman–Crippen LogP) is 3.58. The van der Waals surface area contributed by atoms with Crippen LogP contribution in [0, 0.1) is 0 Å². The van der Waals surface area contributed by atoms with E-state index in [1.54, 1.807) is 30.3 Å². The second-order valence-electron chi connectivity index (χ2n) is 6.16. The standard InChI is InChI=1S/C20H20N2O5/c1-11(2)26-18-13(19(21)23)7-5-8-14(18)22-20(24)16-10-12-6-4-9-15(25-3)17(12)27-16/h4-11H,1-3H3,(H2,21,23)(H,22,24). The maximum absolute atomic E-state index is 12.7. The number of amides is 2. The van der Waals surface area contributed by atoms with E-state index in [9.17, 15) is 9.59 Å². The summed E-state index contributed by atoms with van der Waals surface area (Å²) in [5.74, 6) is -0.263. The molecule has 2 aromatic carbocycles. The zero-order valence-corrected chi connectivity index (χ0v) is 15.2. The van der Waals surface area contributed by atoms with Crippen LogP contribution < -0.4 is 20.5 Å². The van der Waals surface area contributed by atoms with Crippen molar-refractivity contribution in [2.24, 2.45) is 5.73 Å². The van der Waals surface area contributed by atoms with Gasteiger partial charge in [-0.15, -0.1) is 0 Å². The summed E-state index contributed by atoms with van der Waals surface area (Å²) in [6.07, 6.45) is -0.211. The first-order valence-electron chi connectivity index (χ1n) is 8.38. The molecule has 1 aromatic heterocycles. The molecule has 3 aromatic rings. The molecule has 7 nitrogen and oxygen atoms in total. The molecule has 0 saturated carbocycles. The number of ether oxygens (including phenoxy) is 2. The fourth-order valence-corrected chi connectivity index (χ4v) is 2.69. The van der Waals surface area contributed by atoms with Crippen LogP contribution in [0.4, 0.5) is 5.69 Å². The topological polar surface area (TPSA) is 104 Å². The summed E-state index contributed by atoms with van der Waals surface area (Å²) in [6, 6.07) is 11.8. The van der Waals surface area contributed by atoms with Crippen molar-refractivity contribution in [3.05, 3.63) is 53.8 Å². The van der Waals surface area contributed by atoms with E-state index in [1.807, 2.05) is 26.0 Å². The summed E-state index contributed by atoms with van der Waals surface area (Å²) in [5.41, 5.74) is 6.42. The van der Waals surface area contributed by atoms with E-state index in [4.69, 9.17) is 19.6 Å². The van der Waals surface area contributed by atoms with Gasteiger partial charge < -0.3 is 24.9 Å². The lowest BCUT2D eigenvalue weighted by molar-refractivity contribution is 0.0984. The van der Waals surface area contributed by atoms with E-state index in [-0.39, 0.29) is 23.2 Å². The van der Waals surface area contributed by atoms with Crippen molar-refractivity contribution < 1.29 is 23.5 Å². The van der Waals surface area contributed by atoms with Crippen molar-refractivity contribution in [1.82, 2.24) is 0 Å². The van der Waals surface area contributed by atoms with Gasteiger partial charge in [0, 0.05) is 5.39 Å². The molecule has 1 heterocycles. The summed E-state index contributed by atoms with van der Waals surface area (Å²) in [5, 5.41) is 3.46.